The van der Waals surface area contributed by atoms with Gasteiger partial charge >= 0.3 is 0 Å². The van der Waals surface area contributed by atoms with Crippen molar-refractivity contribution in [3.8, 4) is 0 Å². The minimum atomic E-state index is -0.207. The van der Waals surface area contributed by atoms with Gasteiger partial charge in [0.05, 0.1) is 12.6 Å². The Morgan fingerprint density at radius 2 is 2.25 bits per heavy atom. The third-order valence-electron chi connectivity index (χ3n) is 4.35. The molecule has 0 radical (unpaired) electrons. The van der Waals surface area contributed by atoms with E-state index in [-0.39, 0.29) is 24.5 Å². The van der Waals surface area contributed by atoms with E-state index in [1.54, 1.807) is 6.07 Å². The highest BCUT2D eigenvalue weighted by molar-refractivity contribution is 5.57. The van der Waals surface area contributed by atoms with Gasteiger partial charge in [-0.3, -0.25) is 0 Å². The summed E-state index contributed by atoms with van der Waals surface area (Å²) in [5, 5.41) is 13.0. The van der Waals surface area contributed by atoms with Gasteiger partial charge in [-0.25, -0.2) is 4.39 Å². The number of benzene rings is 1. The zero-order chi connectivity index (χ0) is 14.7. The van der Waals surface area contributed by atoms with E-state index in [0.717, 1.165) is 30.8 Å². The lowest BCUT2D eigenvalue weighted by Crippen LogP contribution is -2.36. The molecule has 2 N–H and O–H groups in total. The maximum atomic E-state index is 13.6. The Hall–Kier alpha value is -1.13. The van der Waals surface area contributed by atoms with Crippen LogP contribution in [0.15, 0.2) is 18.2 Å². The van der Waals surface area contributed by atoms with Crippen LogP contribution >= 0.6 is 0 Å². The van der Waals surface area contributed by atoms with E-state index in [0.29, 0.717) is 5.92 Å². The molecule has 0 aromatic heterocycles. The molecule has 0 aliphatic carbocycles. The molecule has 3 unspecified atom stereocenters. The normalized spacial score (nSPS) is 24.1. The van der Waals surface area contributed by atoms with Crippen molar-refractivity contribution in [2.45, 2.75) is 39.3 Å². The van der Waals surface area contributed by atoms with Crippen LogP contribution in [-0.4, -0.2) is 30.8 Å². The van der Waals surface area contributed by atoms with Crippen molar-refractivity contribution < 1.29 is 9.50 Å². The summed E-state index contributed by atoms with van der Waals surface area (Å²) in [7, 11) is 0. The zero-order valence-corrected chi connectivity index (χ0v) is 12.6. The molecule has 1 aliphatic heterocycles. The summed E-state index contributed by atoms with van der Waals surface area (Å²) in [6.45, 7) is 8.17. The molecule has 3 nitrogen and oxygen atoms in total. The first kappa shape index (κ1) is 15.3. The van der Waals surface area contributed by atoms with E-state index < -0.39 is 0 Å². The monoisotopic (exact) mass is 280 g/mol. The molecule has 1 saturated heterocycles. The van der Waals surface area contributed by atoms with Gasteiger partial charge in [-0.05, 0) is 49.6 Å². The summed E-state index contributed by atoms with van der Waals surface area (Å²) >= 11 is 0. The Bertz CT molecular complexity index is 452. The average Bonchev–Trinajstić information content (AvgIpc) is 2.80. The van der Waals surface area contributed by atoms with Gasteiger partial charge in [0.2, 0.25) is 0 Å². The lowest BCUT2D eigenvalue weighted by Gasteiger charge is -2.31. The highest BCUT2D eigenvalue weighted by Gasteiger charge is 2.32. The minimum Gasteiger partial charge on any atom is -0.394 e. The molecule has 1 fully saturated rings. The Labute approximate surface area is 120 Å². The van der Waals surface area contributed by atoms with Gasteiger partial charge in [0, 0.05) is 18.3 Å². The molecule has 2 rings (SSSR count). The molecule has 1 aromatic carbocycles. The summed E-state index contributed by atoms with van der Waals surface area (Å²) in [6.07, 6.45) is 1.07. The Morgan fingerprint density at radius 1 is 1.50 bits per heavy atom. The third-order valence-corrected chi connectivity index (χ3v) is 4.35. The van der Waals surface area contributed by atoms with E-state index >= 15 is 0 Å². The summed E-state index contributed by atoms with van der Waals surface area (Å²) in [4.78, 5) is 2.23. The summed E-state index contributed by atoms with van der Waals surface area (Å²) < 4.78 is 13.6. The van der Waals surface area contributed by atoms with Crippen LogP contribution in [0.2, 0.25) is 0 Å². The van der Waals surface area contributed by atoms with Gasteiger partial charge in [0.1, 0.15) is 5.82 Å². The van der Waals surface area contributed by atoms with E-state index in [4.69, 9.17) is 0 Å². The standard InChI is InChI=1S/C16H25FN2O/c1-4-18-12(3)14-9-13(17)5-6-15(14)19-8-7-11(2)16(19)10-20/h5-6,9,11-12,16,18,20H,4,7-8,10H2,1-3H3. The topological polar surface area (TPSA) is 35.5 Å². The second-order valence-corrected chi connectivity index (χ2v) is 5.69. The highest BCUT2D eigenvalue weighted by atomic mass is 19.1. The summed E-state index contributed by atoms with van der Waals surface area (Å²) in [6, 6.07) is 5.20. The number of hydrogen-bond acceptors (Lipinski definition) is 3. The Morgan fingerprint density at radius 3 is 2.90 bits per heavy atom. The molecular formula is C16H25FN2O. The number of aliphatic hydroxyl groups is 1. The molecule has 4 heteroatoms. The number of hydrogen-bond donors (Lipinski definition) is 2. The van der Waals surface area contributed by atoms with Crippen molar-refractivity contribution in [1.82, 2.24) is 5.32 Å². The molecule has 1 aromatic rings. The van der Waals surface area contributed by atoms with Gasteiger partial charge in [0.25, 0.3) is 0 Å². The maximum absolute atomic E-state index is 13.6. The number of anilines is 1. The van der Waals surface area contributed by atoms with E-state index in [2.05, 4.69) is 24.1 Å². The number of nitrogens with one attached hydrogen (secondary N) is 1. The molecule has 3 atom stereocenters. The van der Waals surface area contributed by atoms with Crippen molar-refractivity contribution in [2.75, 3.05) is 24.6 Å². The van der Waals surface area contributed by atoms with Gasteiger partial charge in [-0.1, -0.05) is 13.8 Å². The van der Waals surface area contributed by atoms with Crippen LogP contribution in [0.4, 0.5) is 10.1 Å². The molecule has 1 aliphatic rings. The molecule has 112 valence electrons. The van der Waals surface area contributed by atoms with Gasteiger partial charge in [-0.15, -0.1) is 0 Å². The van der Waals surface area contributed by atoms with E-state index in [9.17, 15) is 9.50 Å². The predicted octanol–water partition coefficient (Wildman–Crippen LogP) is 2.70. The lowest BCUT2D eigenvalue weighted by molar-refractivity contribution is 0.244. The second-order valence-electron chi connectivity index (χ2n) is 5.69. The van der Waals surface area contributed by atoms with Crippen LogP contribution < -0.4 is 10.2 Å². The van der Waals surface area contributed by atoms with Crippen LogP contribution in [-0.2, 0) is 0 Å². The van der Waals surface area contributed by atoms with Crippen LogP contribution in [0, 0.1) is 11.7 Å². The summed E-state index contributed by atoms with van der Waals surface area (Å²) in [5.74, 6) is 0.258. The van der Waals surface area contributed by atoms with Crippen LogP contribution in [0.5, 0.6) is 0 Å². The quantitative estimate of drug-likeness (QED) is 0.870. The fourth-order valence-corrected chi connectivity index (χ4v) is 3.14. The highest BCUT2D eigenvalue weighted by Crippen LogP contribution is 2.34. The Kier molecular flexibility index (Phi) is 5.00. The summed E-state index contributed by atoms with van der Waals surface area (Å²) in [5.41, 5.74) is 2.02. The van der Waals surface area contributed by atoms with E-state index in [1.807, 2.05) is 13.0 Å². The molecule has 20 heavy (non-hydrogen) atoms. The third kappa shape index (κ3) is 2.96. The zero-order valence-electron chi connectivity index (χ0n) is 12.6. The molecule has 0 bridgehead atoms. The molecule has 0 amide bonds. The smallest absolute Gasteiger partial charge is 0.123 e. The van der Waals surface area contributed by atoms with Crippen molar-refractivity contribution in [2.24, 2.45) is 5.92 Å². The second kappa shape index (κ2) is 6.55. The number of rotatable bonds is 5. The van der Waals surface area contributed by atoms with Crippen molar-refractivity contribution in [1.29, 1.82) is 0 Å². The first-order chi connectivity index (χ1) is 9.58. The maximum Gasteiger partial charge on any atom is 0.123 e. The fraction of sp³-hybridized carbons (Fsp3) is 0.625. The van der Waals surface area contributed by atoms with Crippen molar-refractivity contribution in [3.05, 3.63) is 29.6 Å². The van der Waals surface area contributed by atoms with Gasteiger partial charge < -0.3 is 15.3 Å². The van der Waals surface area contributed by atoms with Gasteiger partial charge in [-0.2, -0.15) is 0 Å². The fourth-order valence-electron chi connectivity index (χ4n) is 3.14. The number of halogens is 1. The first-order valence-corrected chi connectivity index (χ1v) is 7.48. The van der Waals surface area contributed by atoms with Crippen molar-refractivity contribution in [3.63, 3.8) is 0 Å². The SMILES string of the molecule is CCNC(C)c1cc(F)ccc1N1CCC(C)C1CO. The molecular weight excluding hydrogens is 255 g/mol. The lowest BCUT2D eigenvalue weighted by atomic mass is 10.0. The molecule has 0 spiro atoms. The van der Waals surface area contributed by atoms with Crippen molar-refractivity contribution >= 4 is 5.69 Å². The first-order valence-electron chi connectivity index (χ1n) is 7.48. The minimum absolute atomic E-state index is 0.0981. The van der Waals surface area contributed by atoms with Crippen LogP contribution in [0.3, 0.4) is 0 Å². The predicted molar refractivity (Wildman–Crippen MR) is 80.5 cm³/mol. The number of nitrogens with zero attached hydrogens (tertiary/aromatic N) is 1. The largest absolute Gasteiger partial charge is 0.394 e. The van der Waals surface area contributed by atoms with Gasteiger partial charge in [0.15, 0.2) is 0 Å². The number of aliphatic hydroxyl groups excluding tert-OH is 1. The Balaban J connectivity index is 2.35. The molecule has 0 saturated carbocycles. The van der Waals surface area contributed by atoms with E-state index in [1.165, 1.54) is 6.07 Å². The average molecular weight is 280 g/mol. The van der Waals surface area contributed by atoms with Crippen LogP contribution in [0.25, 0.3) is 0 Å². The van der Waals surface area contributed by atoms with Crippen LogP contribution in [0.1, 0.15) is 38.8 Å². The molecule has 1 heterocycles.